The van der Waals surface area contributed by atoms with Crippen LogP contribution < -0.4 is 16.4 Å². The van der Waals surface area contributed by atoms with Crippen molar-refractivity contribution in [1.82, 2.24) is 10.2 Å². The minimum Gasteiger partial charge on any atom is -0.450 e. The number of carbonyl (C=O) groups excluding carboxylic acids is 2. The van der Waals surface area contributed by atoms with E-state index in [0.717, 1.165) is 18.4 Å². The van der Waals surface area contributed by atoms with E-state index in [4.69, 9.17) is 22.1 Å². The van der Waals surface area contributed by atoms with Gasteiger partial charge in [0.05, 0.1) is 13.2 Å². The van der Waals surface area contributed by atoms with Gasteiger partial charge in [-0.2, -0.15) is 0 Å². The van der Waals surface area contributed by atoms with Crippen molar-refractivity contribution in [3.63, 3.8) is 0 Å². The Balaban J connectivity index is 0.00000420. The van der Waals surface area contributed by atoms with Gasteiger partial charge in [-0.1, -0.05) is 17.7 Å². The third kappa shape index (κ3) is 8.25. The highest BCUT2D eigenvalue weighted by molar-refractivity contribution is 14.0. The molecule has 0 saturated carbocycles. The molecule has 1 aliphatic rings. The number of amides is 2. The lowest BCUT2D eigenvalue weighted by Crippen LogP contribution is -2.48. The first-order valence-corrected chi connectivity index (χ1v) is 9.81. The molecule has 1 aliphatic heterocycles. The summed E-state index contributed by atoms with van der Waals surface area (Å²) in [5.41, 5.74) is 7.44. The van der Waals surface area contributed by atoms with Crippen LogP contribution in [0, 0.1) is 6.92 Å². The average Bonchev–Trinajstić information content (AvgIpc) is 2.66. The summed E-state index contributed by atoms with van der Waals surface area (Å²) in [7, 11) is 0. The molecule has 8 nitrogen and oxygen atoms in total. The lowest BCUT2D eigenvalue weighted by Gasteiger charge is -2.31. The highest BCUT2D eigenvalue weighted by atomic mass is 127. The first-order chi connectivity index (χ1) is 13.4. The number of aliphatic imine (C=N–C) groups is 1. The molecule has 162 valence electrons. The van der Waals surface area contributed by atoms with E-state index in [1.165, 1.54) is 0 Å². The molecule has 29 heavy (non-hydrogen) atoms. The van der Waals surface area contributed by atoms with E-state index >= 15 is 0 Å². The Morgan fingerprint density at radius 2 is 2.03 bits per heavy atom. The van der Waals surface area contributed by atoms with Crippen molar-refractivity contribution in [2.24, 2.45) is 10.7 Å². The van der Waals surface area contributed by atoms with Gasteiger partial charge in [0.15, 0.2) is 5.96 Å². The molecule has 1 heterocycles. The Morgan fingerprint density at radius 1 is 1.34 bits per heavy atom. The number of ether oxygens (including phenoxy) is 1. The Morgan fingerprint density at radius 3 is 2.69 bits per heavy atom. The van der Waals surface area contributed by atoms with Crippen molar-refractivity contribution < 1.29 is 14.3 Å². The van der Waals surface area contributed by atoms with Crippen molar-refractivity contribution in [1.29, 1.82) is 0 Å². The predicted octanol–water partition coefficient (Wildman–Crippen LogP) is 3.12. The molecule has 0 unspecified atom stereocenters. The third-order valence-corrected chi connectivity index (χ3v) is 4.95. The number of hydrogen-bond donors (Lipinski definition) is 3. The van der Waals surface area contributed by atoms with Gasteiger partial charge in [-0.05, 0) is 44.4 Å². The van der Waals surface area contributed by atoms with Gasteiger partial charge in [-0.25, -0.2) is 4.79 Å². The molecule has 1 fully saturated rings. The Hall–Kier alpha value is -1.75. The predicted molar refractivity (Wildman–Crippen MR) is 126 cm³/mol. The molecule has 1 aromatic rings. The van der Waals surface area contributed by atoms with Crippen LogP contribution >= 0.6 is 35.6 Å². The molecule has 1 saturated heterocycles. The van der Waals surface area contributed by atoms with E-state index in [1.807, 2.05) is 6.92 Å². The minimum absolute atomic E-state index is 0. The van der Waals surface area contributed by atoms with Gasteiger partial charge >= 0.3 is 6.09 Å². The van der Waals surface area contributed by atoms with Crippen LogP contribution in [-0.4, -0.2) is 55.1 Å². The van der Waals surface area contributed by atoms with E-state index in [9.17, 15) is 9.59 Å². The van der Waals surface area contributed by atoms with Gasteiger partial charge in [0.1, 0.15) is 0 Å². The van der Waals surface area contributed by atoms with Gasteiger partial charge < -0.3 is 26.0 Å². The quantitative estimate of drug-likeness (QED) is 0.294. The lowest BCUT2D eigenvalue weighted by molar-refractivity contribution is -0.116. The molecule has 0 aromatic heterocycles. The Kier molecular flexibility index (Phi) is 11.1. The van der Waals surface area contributed by atoms with E-state index in [1.54, 1.807) is 30.0 Å². The van der Waals surface area contributed by atoms with Crippen LogP contribution in [0.4, 0.5) is 10.5 Å². The largest absolute Gasteiger partial charge is 0.450 e. The first-order valence-electron chi connectivity index (χ1n) is 9.43. The second kappa shape index (κ2) is 12.7. The highest BCUT2D eigenvalue weighted by Gasteiger charge is 2.23. The van der Waals surface area contributed by atoms with Crippen LogP contribution in [0.1, 0.15) is 31.7 Å². The van der Waals surface area contributed by atoms with E-state index in [2.05, 4.69) is 15.6 Å². The van der Waals surface area contributed by atoms with Crippen molar-refractivity contribution in [2.75, 3.05) is 31.6 Å². The molecule has 0 atom stereocenters. The highest BCUT2D eigenvalue weighted by Crippen LogP contribution is 2.22. The van der Waals surface area contributed by atoms with Gasteiger partial charge in [0.2, 0.25) is 5.91 Å². The molecule has 1 aromatic carbocycles. The summed E-state index contributed by atoms with van der Waals surface area (Å²) in [4.78, 5) is 29.7. The van der Waals surface area contributed by atoms with Gasteiger partial charge in [0, 0.05) is 36.3 Å². The second-order valence-electron chi connectivity index (χ2n) is 6.58. The van der Waals surface area contributed by atoms with Crippen LogP contribution in [0.2, 0.25) is 5.02 Å². The molecule has 10 heteroatoms. The number of halogens is 2. The van der Waals surface area contributed by atoms with E-state index in [0.29, 0.717) is 36.4 Å². The number of nitrogens with two attached hydrogens (primary N) is 1. The maximum Gasteiger partial charge on any atom is 0.409 e. The number of anilines is 1. The summed E-state index contributed by atoms with van der Waals surface area (Å²) < 4.78 is 5.00. The summed E-state index contributed by atoms with van der Waals surface area (Å²) in [6, 6.07) is 5.52. The summed E-state index contributed by atoms with van der Waals surface area (Å²) in [5.74, 6) is 0.158. The number of benzene rings is 1. The number of rotatable bonds is 6. The van der Waals surface area contributed by atoms with Gasteiger partial charge in [0.25, 0.3) is 0 Å². The molecule has 0 bridgehead atoms. The summed E-state index contributed by atoms with van der Waals surface area (Å²) >= 11 is 6.05. The van der Waals surface area contributed by atoms with Crippen LogP contribution in [0.15, 0.2) is 23.2 Å². The third-order valence-electron chi connectivity index (χ3n) is 4.54. The smallest absolute Gasteiger partial charge is 0.409 e. The molecule has 4 N–H and O–H groups in total. The van der Waals surface area contributed by atoms with Crippen molar-refractivity contribution in [2.45, 2.75) is 39.2 Å². The monoisotopic (exact) mass is 537 g/mol. The zero-order valence-electron chi connectivity index (χ0n) is 16.7. The molecule has 2 amide bonds. The number of nitrogens with zero attached hydrogens (tertiary/aromatic N) is 2. The number of carbonyl (C=O) groups is 2. The van der Waals surface area contributed by atoms with Gasteiger partial charge in [-0.15, -0.1) is 24.0 Å². The standard InChI is InChI=1S/C19H28ClN5O3.HI/c1-3-28-19(27)25-11-8-14(9-12-25)23-18(21)22-10-7-17(26)24-16-6-4-5-15(20)13(16)2;/h4-6,14H,3,7-12H2,1-2H3,(H,24,26)(H3,21,22,23);1H. The number of likely N-dealkylation sites (tertiary alicyclic amines) is 1. The number of nitrogens with one attached hydrogen (secondary N) is 2. The maximum atomic E-state index is 12.1. The number of piperidine rings is 1. The Bertz CT molecular complexity index is 724. The SMILES string of the molecule is CCOC(=O)N1CCC(NC(N)=NCCC(=O)Nc2cccc(Cl)c2C)CC1.I. The fourth-order valence-electron chi connectivity index (χ4n) is 2.91. The van der Waals surface area contributed by atoms with Crippen LogP contribution in [0.25, 0.3) is 0 Å². The molecular formula is C19H29ClIN5O3. The van der Waals surface area contributed by atoms with Crippen molar-refractivity contribution in [3.05, 3.63) is 28.8 Å². The molecule has 0 aliphatic carbocycles. The van der Waals surface area contributed by atoms with E-state index in [-0.39, 0.29) is 55.0 Å². The van der Waals surface area contributed by atoms with Gasteiger partial charge in [-0.3, -0.25) is 9.79 Å². The molecule has 0 radical (unpaired) electrons. The molecule has 0 spiro atoms. The summed E-state index contributed by atoms with van der Waals surface area (Å²) in [6.07, 6.45) is 1.48. The van der Waals surface area contributed by atoms with Crippen LogP contribution in [-0.2, 0) is 9.53 Å². The summed E-state index contributed by atoms with van der Waals surface area (Å²) in [5, 5.41) is 6.59. The summed E-state index contributed by atoms with van der Waals surface area (Å²) in [6.45, 7) is 5.54. The lowest BCUT2D eigenvalue weighted by atomic mass is 10.1. The fourth-order valence-corrected chi connectivity index (χ4v) is 3.08. The van der Waals surface area contributed by atoms with Crippen molar-refractivity contribution in [3.8, 4) is 0 Å². The minimum atomic E-state index is -0.274. The number of guanidine groups is 1. The van der Waals surface area contributed by atoms with E-state index < -0.39 is 0 Å². The Labute approximate surface area is 193 Å². The normalized spacial score (nSPS) is 14.7. The number of hydrogen-bond acceptors (Lipinski definition) is 4. The second-order valence-corrected chi connectivity index (χ2v) is 6.99. The zero-order valence-corrected chi connectivity index (χ0v) is 19.8. The topological polar surface area (TPSA) is 109 Å². The van der Waals surface area contributed by atoms with Crippen LogP contribution in [0.3, 0.4) is 0 Å². The van der Waals surface area contributed by atoms with Crippen LogP contribution in [0.5, 0.6) is 0 Å². The zero-order chi connectivity index (χ0) is 20.5. The maximum absolute atomic E-state index is 12.1. The first kappa shape index (κ1) is 25.3. The average molecular weight is 538 g/mol. The molecular weight excluding hydrogens is 509 g/mol. The van der Waals surface area contributed by atoms with Crippen molar-refractivity contribution >= 4 is 59.2 Å². The molecule has 2 rings (SSSR count). The fraction of sp³-hybridized carbons (Fsp3) is 0.526.